The Morgan fingerprint density at radius 2 is 1.90 bits per heavy atom. The molecule has 0 aliphatic rings. The van der Waals surface area contributed by atoms with Crippen molar-refractivity contribution in [3.63, 3.8) is 0 Å². The Morgan fingerprint density at radius 3 is 2.60 bits per heavy atom. The number of aliphatic hydroxyl groups excluding tert-OH is 1. The Kier molecular flexibility index (Phi) is 4.99. The average Bonchev–Trinajstić information content (AvgIpc) is 2.42. The molecule has 3 nitrogen and oxygen atoms in total. The first kappa shape index (κ1) is 14.8. The van der Waals surface area contributed by atoms with Crippen LogP contribution in [0.15, 0.2) is 36.4 Å². The van der Waals surface area contributed by atoms with Gasteiger partial charge in [0.2, 0.25) is 0 Å². The molecule has 0 heterocycles. The summed E-state index contributed by atoms with van der Waals surface area (Å²) in [4.78, 5) is 2.14. The third-order valence-electron chi connectivity index (χ3n) is 3.36. The van der Waals surface area contributed by atoms with Crippen LogP contribution in [0, 0.1) is 0 Å². The van der Waals surface area contributed by atoms with Gasteiger partial charge in [-0.3, -0.25) is 0 Å². The molecule has 108 valence electrons. The van der Waals surface area contributed by atoms with Crippen LogP contribution in [-0.4, -0.2) is 37.3 Å². The number of hydrogen-bond donors (Lipinski definition) is 1. The van der Waals surface area contributed by atoms with Crippen LogP contribution in [0.5, 0.6) is 5.75 Å². The summed E-state index contributed by atoms with van der Waals surface area (Å²) in [5.74, 6) is 0.817. The largest absolute Gasteiger partial charge is 0.493 e. The van der Waals surface area contributed by atoms with Crippen LogP contribution in [0.1, 0.15) is 25.0 Å². The predicted molar refractivity (Wildman–Crippen MR) is 83.2 cm³/mol. The first-order chi connectivity index (χ1) is 9.59. The molecule has 0 unspecified atom stereocenters. The summed E-state index contributed by atoms with van der Waals surface area (Å²) in [6.07, 6.45) is 0.443. The Balaban J connectivity index is 2.25. The first-order valence-corrected chi connectivity index (χ1v) is 7.07. The molecule has 2 aromatic carbocycles. The molecule has 0 radical (unpaired) electrons. The molecule has 3 heteroatoms. The number of benzene rings is 2. The van der Waals surface area contributed by atoms with Gasteiger partial charge in [0.15, 0.2) is 0 Å². The standard InChI is InChI=1S/C17H23NO2/c1-13(19)15-10-9-14-7-4-5-8-16(14)17(15)20-12-6-11-18(2)3/h4-5,7-10,13,19H,6,11-12H2,1-3H3/t13-/m0/s1. The van der Waals surface area contributed by atoms with E-state index in [2.05, 4.69) is 25.1 Å². The molecule has 0 aromatic heterocycles. The highest BCUT2D eigenvalue weighted by Crippen LogP contribution is 2.33. The molecule has 20 heavy (non-hydrogen) atoms. The van der Waals surface area contributed by atoms with Crippen LogP contribution < -0.4 is 4.74 Å². The molecule has 0 aliphatic heterocycles. The van der Waals surface area contributed by atoms with Gasteiger partial charge >= 0.3 is 0 Å². The van der Waals surface area contributed by atoms with Gasteiger partial charge in [-0.1, -0.05) is 36.4 Å². The van der Waals surface area contributed by atoms with E-state index >= 15 is 0 Å². The highest BCUT2D eigenvalue weighted by molar-refractivity contribution is 5.89. The molecule has 1 atom stereocenters. The second-order valence-corrected chi connectivity index (χ2v) is 5.39. The van der Waals surface area contributed by atoms with Crippen molar-refractivity contribution in [1.29, 1.82) is 0 Å². The van der Waals surface area contributed by atoms with E-state index in [1.165, 1.54) is 0 Å². The Bertz CT molecular complexity index is 564. The third-order valence-corrected chi connectivity index (χ3v) is 3.36. The van der Waals surface area contributed by atoms with E-state index in [1.54, 1.807) is 6.92 Å². The molecule has 0 aliphatic carbocycles. The van der Waals surface area contributed by atoms with E-state index in [1.807, 2.05) is 30.3 Å². The van der Waals surface area contributed by atoms with E-state index < -0.39 is 6.10 Å². The van der Waals surface area contributed by atoms with E-state index in [-0.39, 0.29) is 0 Å². The molecule has 2 rings (SSSR count). The van der Waals surface area contributed by atoms with E-state index in [9.17, 15) is 5.11 Å². The second-order valence-electron chi connectivity index (χ2n) is 5.39. The predicted octanol–water partition coefficient (Wildman–Crippen LogP) is 3.22. The molecular weight excluding hydrogens is 250 g/mol. The monoisotopic (exact) mass is 273 g/mol. The van der Waals surface area contributed by atoms with Gasteiger partial charge in [-0.05, 0) is 32.8 Å². The van der Waals surface area contributed by atoms with Crippen molar-refractivity contribution in [2.75, 3.05) is 27.2 Å². The minimum Gasteiger partial charge on any atom is -0.493 e. The van der Waals surface area contributed by atoms with Gasteiger partial charge in [0.1, 0.15) is 5.75 Å². The molecule has 0 bridgehead atoms. The maximum absolute atomic E-state index is 9.92. The number of hydrogen-bond acceptors (Lipinski definition) is 3. The number of fused-ring (bicyclic) bond motifs is 1. The highest BCUT2D eigenvalue weighted by atomic mass is 16.5. The average molecular weight is 273 g/mol. The summed E-state index contributed by atoms with van der Waals surface area (Å²) in [5.41, 5.74) is 0.855. The van der Waals surface area contributed by atoms with Crippen LogP contribution in [0.25, 0.3) is 10.8 Å². The van der Waals surface area contributed by atoms with Crippen molar-refractivity contribution < 1.29 is 9.84 Å². The van der Waals surface area contributed by atoms with Gasteiger partial charge in [-0.15, -0.1) is 0 Å². The van der Waals surface area contributed by atoms with Crippen molar-refractivity contribution in [1.82, 2.24) is 4.90 Å². The van der Waals surface area contributed by atoms with Crippen molar-refractivity contribution in [2.45, 2.75) is 19.4 Å². The van der Waals surface area contributed by atoms with Crippen LogP contribution in [0.4, 0.5) is 0 Å². The topological polar surface area (TPSA) is 32.7 Å². The lowest BCUT2D eigenvalue weighted by Crippen LogP contribution is -2.16. The quantitative estimate of drug-likeness (QED) is 0.820. The highest BCUT2D eigenvalue weighted by Gasteiger charge is 2.12. The first-order valence-electron chi connectivity index (χ1n) is 7.07. The van der Waals surface area contributed by atoms with Crippen molar-refractivity contribution in [3.05, 3.63) is 42.0 Å². The van der Waals surface area contributed by atoms with Gasteiger partial charge in [0, 0.05) is 17.5 Å². The van der Waals surface area contributed by atoms with Gasteiger partial charge in [0.05, 0.1) is 12.7 Å². The van der Waals surface area contributed by atoms with Gasteiger partial charge in [0.25, 0.3) is 0 Å². The fraction of sp³-hybridized carbons (Fsp3) is 0.412. The van der Waals surface area contributed by atoms with E-state index in [0.717, 1.165) is 35.1 Å². The zero-order valence-electron chi connectivity index (χ0n) is 12.5. The summed E-state index contributed by atoms with van der Waals surface area (Å²) in [6, 6.07) is 12.1. The smallest absolute Gasteiger partial charge is 0.132 e. The fourth-order valence-electron chi connectivity index (χ4n) is 2.30. The normalized spacial score (nSPS) is 12.8. The minimum atomic E-state index is -0.525. The molecular formula is C17H23NO2. The second kappa shape index (κ2) is 6.73. The zero-order chi connectivity index (χ0) is 14.5. The maximum atomic E-state index is 9.92. The van der Waals surface area contributed by atoms with Gasteiger partial charge in [-0.25, -0.2) is 0 Å². The van der Waals surface area contributed by atoms with E-state index in [0.29, 0.717) is 6.61 Å². The number of ether oxygens (including phenoxy) is 1. The lowest BCUT2D eigenvalue weighted by Gasteiger charge is -2.17. The summed E-state index contributed by atoms with van der Waals surface area (Å²) in [5, 5.41) is 12.1. The summed E-state index contributed by atoms with van der Waals surface area (Å²) < 4.78 is 5.98. The molecule has 0 saturated heterocycles. The van der Waals surface area contributed by atoms with Gasteiger partial charge in [-0.2, -0.15) is 0 Å². The lowest BCUT2D eigenvalue weighted by atomic mass is 10.0. The number of rotatable bonds is 6. The summed E-state index contributed by atoms with van der Waals surface area (Å²) in [7, 11) is 4.11. The molecule has 0 amide bonds. The minimum absolute atomic E-state index is 0.525. The fourth-order valence-corrected chi connectivity index (χ4v) is 2.30. The molecule has 1 N–H and O–H groups in total. The summed E-state index contributed by atoms with van der Waals surface area (Å²) in [6.45, 7) is 3.43. The Morgan fingerprint density at radius 1 is 1.15 bits per heavy atom. The SMILES string of the molecule is C[C@H](O)c1ccc2ccccc2c1OCCCN(C)C. The van der Waals surface area contributed by atoms with Crippen molar-refractivity contribution >= 4 is 10.8 Å². The lowest BCUT2D eigenvalue weighted by molar-refractivity contribution is 0.190. The van der Waals surface area contributed by atoms with Crippen LogP contribution in [0.2, 0.25) is 0 Å². The van der Waals surface area contributed by atoms with Crippen molar-refractivity contribution in [2.24, 2.45) is 0 Å². The number of aliphatic hydroxyl groups is 1. The van der Waals surface area contributed by atoms with Crippen LogP contribution >= 0.6 is 0 Å². The number of nitrogens with zero attached hydrogens (tertiary/aromatic N) is 1. The molecule has 0 spiro atoms. The maximum Gasteiger partial charge on any atom is 0.132 e. The summed E-state index contributed by atoms with van der Waals surface area (Å²) >= 11 is 0. The van der Waals surface area contributed by atoms with Crippen LogP contribution in [0.3, 0.4) is 0 Å². The Hall–Kier alpha value is -1.58. The van der Waals surface area contributed by atoms with Crippen molar-refractivity contribution in [3.8, 4) is 5.75 Å². The third kappa shape index (κ3) is 3.50. The van der Waals surface area contributed by atoms with Gasteiger partial charge < -0.3 is 14.7 Å². The molecule has 0 fully saturated rings. The van der Waals surface area contributed by atoms with Crippen LogP contribution in [-0.2, 0) is 0 Å². The molecule has 2 aromatic rings. The Labute approximate surface area is 120 Å². The molecule has 0 saturated carbocycles. The van der Waals surface area contributed by atoms with E-state index in [4.69, 9.17) is 4.74 Å². The zero-order valence-corrected chi connectivity index (χ0v) is 12.5.